The van der Waals surface area contributed by atoms with Crippen molar-refractivity contribution in [3.63, 3.8) is 0 Å². The highest BCUT2D eigenvalue weighted by molar-refractivity contribution is 5.59. The van der Waals surface area contributed by atoms with Gasteiger partial charge in [0.25, 0.3) is 0 Å². The molecule has 188 valence electrons. The smallest absolute Gasteiger partial charge is 0.143 e. The second kappa shape index (κ2) is 14.4. The highest BCUT2D eigenvalue weighted by Crippen LogP contribution is 2.37. The second-order valence-electron chi connectivity index (χ2n) is 8.58. The number of rotatable bonds is 9. The quantitative estimate of drug-likeness (QED) is 0.427. The fourth-order valence-electron chi connectivity index (χ4n) is 4.60. The largest absolute Gasteiger partial charge is 0.484 e. The van der Waals surface area contributed by atoms with Crippen LogP contribution in [-0.4, -0.2) is 32.2 Å². The first kappa shape index (κ1) is 28.2. The Hall–Kier alpha value is -3.07. The minimum atomic E-state index is -0.198. The molecule has 1 aliphatic heterocycles. The number of nitriles is 1. The van der Waals surface area contributed by atoms with Crippen LogP contribution in [0.4, 0.5) is 5.69 Å². The van der Waals surface area contributed by atoms with Crippen molar-refractivity contribution in [2.24, 2.45) is 5.73 Å². The third-order valence-corrected chi connectivity index (χ3v) is 6.68. The molecule has 1 saturated heterocycles. The Morgan fingerprint density at radius 3 is 2.54 bits per heavy atom. The van der Waals surface area contributed by atoms with E-state index in [0.29, 0.717) is 18.5 Å². The van der Waals surface area contributed by atoms with E-state index in [0.717, 1.165) is 42.9 Å². The average Bonchev–Trinajstić information content (AvgIpc) is 2.93. The minimum absolute atomic E-state index is 0.0195. The third kappa shape index (κ3) is 7.21. The van der Waals surface area contributed by atoms with Crippen LogP contribution in [0.25, 0.3) is 0 Å². The van der Waals surface area contributed by atoms with Crippen molar-refractivity contribution < 1.29 is 4.74 Å². The number of anilines is 1. The summed E-state index contributed by atoms with van der Waals surface area (Å²) >= 11 is 0. The Kier molecular flexibility index (Phi) is 11.6. The summed E-state index contributed by atoms with van der Waals surface area (Å²) in [6.45, 7) is 10.6. The lowest BCUT2D eigenvalue weighted by Crippen LogP contribution is -2.53. The predicted molar refractivity (Wildman–Crippen MR) is 148 cm³/mol. The summed E-state index contributed by atoms with van der Waals surface area (Å²) in [5, 5.41) is 12.9. The second-order valence-corrected chi connectivity index (χ2v) is 8.58. The normalized spacial score (nSPS) is 16.3. The van der Waals surface area contributed by atoms with Crippen LogP contribution in [0.2, 0.25) is 0 Å². The topological polar surface area (TPSA) is 74.3 Å². The molecule has 1 aliphatic rings. The molecule has 3 N–H and O–H groups in total. The van der Waals surface area contributed by atoms with Crippen LogP contribution >= 0.6 is 0 Å². The molecule has 0 radical (unpaired) electrons. The Morgan fingerprint density at radius 2 is 1.91 bits per heavy atom. The van der Waals surface area contributed by atoms with Gasteiger partial charge in [-0.3, -0.25) is 0 Å². The fraction of sp³-hybridized carbons (Fsp3) is 0.433. The van der Waals surface area contributed by atoms with E-state index in [1.165, 1.54) is 5.57 Å². The zero-order valence-electron chi connectivity index (χ0n) is 22.1. The summed E-state index contributed by atoms with van der Waals surface area (Å²) in [4.78, 5) is 2.42. The van der Waals surface area contributed by atoms with Crippen molar-refractivity contribution in [2.45, 2.75) is 58.6 Å². The van der Waals surface area contributed by atoms with Crippen molar-refractivity contribution in [3.8, 4) is 11.8 Å². The summed E-state index contributed by atoms with van der Waals surface area (Å²) < 4.78 is 6.54. The van der Waals surface area contributed by atoms with E-state index in [9.17, 15) is 5.26 Å². The van der Waals surface area contributed by atoms with Crippen LogP contribution in [0.3, 0.4) is 0 Å². The maximum atomic E-state index is 9.29. The van der Waals surface area contributed by atoms with Crippen LogP contribution in [-0.2, 0) is 0 Å². The third-order valence-electron chi connectivity index (χ3n) is 6.68. The Bertz CT molecular complexity index is 1010. The van der Waals surface area contributed by atoms with Crippen LogP contribution in [0.1, 0.15) is 64.2 Å². The lowest BCUT2D eigenvalue weighted by molar-refractivity contribution is 0.197. The van der Waals surface area contributed by atoms with E-state index in [1.807, 2.05) is 57.2 Å². The molecule has 0 amide bonds. The van der Waals surface area contributed by atoms with E-state index >= 15 is 0 Å². The zero-order chi connectivity index (χ0) is 25.7. The molecular formula is C30H42N4O. The van der Waals surface area contributed by atoms with Crippen LogP contribution in [0.5, 0.6) is 5.75 Å². The van der Waals surface area contributed by atoms with Crippen molar-refractivity contribution in [2.75, 3.05) is 31.6 Å². The van der Waals surface area contributed by atoms with Crippen molar-refractivity contribution in [1.29, 1.82) is 5.26 Å². The molecular weight excluding hydrogens is 432 g/mol. The number of nitrogens with two attached hydrogens (primary N) is 1. The lowest BCUT2D eigenvalue weighted by atomic mass is 9.81. The van der Waals surface area contributed by atoms with Gasteiger partial charge in [-0.15, -0.1) is 0 Å². The fourth-order valence-corrected chi connectivity index (χ4v) is 4.60. The number of hydrogen-bond donors (Lipinski definition) is 2. The molecule has 0 aromatic heterocycles. The van der Waals surface area contributed by atoms with E-state index in [2.05, 4.69) is 60.6 Å². The van der Waals surface area contributed by atoms with E-state index < -0.39 is 0 Å². The molecule has 1 heterocycles. The van der Waals surface area contributed by atoms with Gasteiger partial charge >= 0.3 is 0 Å². The molecule has 0 spiro atoms. The average molecular weight is 475 g/mol. The molecule has 2 aromatic carbocycles. The Labute approximate surface area is 212 Å². The molecule has 5 heteroatoms. The SMILES string of the molecule is C/C=C\C=C(/C)C1(NC)CCN(c2ccccc2OC(CCN)c2cccc(C#N)c2)CC1.CC. The molecule has 0 saturated carbocycles. The van der Waals surface area contributed by atoms with Gasteiger partial charge in [0.1, 0.15) is 11.9 Å². The predicted octanol–water partition coefficient (Wildman–Crippen LogP) is 6.13. The maximum Gasteiger partial charge on any atom is 0.143 e. The first-order valence-electron chi connectivity index (χ1n) is 12.8. The Morgan fingerprint density at radius 1 is 1.20 bits per heavy atom. The van der Waals surface area contributed by atoms with E-state index in [-0.39, 0.29) is 11.6 Å². The van der Waals surface area contributed by atoms with Gasteiger partial charge in [0.05, 0.1) is 17.3 Å². The van der Waals surface area contributed by atoms with Gasteiger partial charge in [-0.2, -0.15) is 5.26 Å². The van der Waals surface area contributed by atoms with E-state index in [1.54, 1.807) is 0 Å². The summed E-state index contributed by atoms with van der Waals surface area (Å²) in [7, 11) is 2.06. The number of nitrogens with zero attached hydrogens (tertiary/aromatic N) is 2. The molecule has 1 unspecified atom stereocenters. The maximum absolute atomic E-state index is 9.29. The van der Waals surface area contributed by atoms with Gasteiger partial charge in [0.2, 0.25) is 0 Å². The number of ether oxygens (including phenoxy) is 1. The van der Waals surface area contributed by atoms with Gasteiger partial charge in [0.15, 0.2) is 0 Å². The number of piperidine rings is 1. The highest BCUT2D eigenvalue weighted by Gasteiger charge is 2.35. The van der Waals surface area contributed by atoms with Crippen LogP contribution in [0, 0.1) is 11.3 Å². The standard InChI is InChI=1S/C28H36N4O.C2H6/c1-4-5-9-22(2)28(31-3)15-18-32(19-16-28)25-12-6-7-13-27(25)33-26(14-17-29)24-11-8-10-23(20-24)21-30;1-2/h4-13,20,26,31H,14-19,29H2,1-3H3;1-2H3/b5-4-,22-9+;. The van der Waals surface area contributed by atoms with Gasteiger partial charge in [-0.1, -0.05) is 61.9 Å². The number of allylic oxidation sites excluding steroid dienone is 3. The molecule has 3 rings (SSSR count). The van der Waals surface area contributed by atoms with Crippen molar-refractivity contribution in [1.82, 2.24) is 5.32 Å². The molecule has 1 fully saturated rings. The number of nitrogens with one attached hydrogen (secondary N) is 1. The lowest BCUT2D eigenvalue weighted by Gasteiger charge is -2.44. The number of hydrogen-bond acceptors (Lipinski definition) is 5. The molecule has 5 nitrogen and oxygen atoms in total. The van der Waals surface area contributed by atoms with E-state index in [4.69, 9.17) is 10.5 Å². The van der Waals surface area contributed by atoms with Gasteiger partial charge in [0, 0.05) is 25.0 Å². The highest BCUT2D eigenvalue weighted by atomic mass is 16.5. The van der Waals surface area contributed by atoms with Crippen molar-refractivity contribution in [3.05, 3.63) is 83.5 Å². The van der Waals surface area contributed by atoms with Gasteiger partial charge in [-0.25, -0.2) is 0 Å². The number of likely N-dealkylation sites (N-methyl/N-ethyl adjacent to an activating group) is 1. The van der Waals surface area contributed by atoms with Gasteiger partial charge in [-0.05, 0) is 70.1 Å². The zero-order valence-corrected chi connectivity index (χ0v) is 22.1. The monoisotopic (exact) mass is 474 g/mol. The number of benzene rings is 2. The van der Waals surface area contributed by atoms with Gasteiger partial charge < -0.3 is 20.7 Å². The Balaban J connectivity index is 0.00000210. The summed E-state index contributed by atoms with van der Waals surface area (Å²) in [6.07, 6.45) is 8.93. The molecule has 2 aromatic rings. The first-order chi connectivity index (χ1) is 17.1. The summed E-state index contributed by atoms with van der Waals surface area (Å²) in [5.41, 5.74) is 10.0. The molecule has 0 aliphatic carbocycles. The van der Waals surface area contributed by atoms with Crippen LogP contribution < -0.4 is 20.7 Å². The minimum Gasteiger partial charge on any atom is -0.484 e. The number of para-hydroxylation sites is 2. The molecule has 1 atom stereocenters. The summed E-state index contributed by atoms with van der Waals surface area (Å²) in [6, 6.07) is 18.1. The first-order valence-corrected chi connectivity index (χ1v) is 12.8. The molecule has 35 heavy (non-hydrogen) atoms. The summed E-state index contributed by atoms with van der Waals surface area (Å²) in [5.74, 6) is 0.858. The van der Waals surface area contributed by atoms with Crippen molar-refractivity contribution >= 4 is 5.69 Å². The molecule has 0 bridgehead atoms. The van der Waals surface area contributed by atoms with Crippen LogP contribution in [0.15, 0.2) is 72.3 Å².